The maximum atomic E-state index is 13.2. The van der Waals surface area contributed by atoms with Crippen LogP contribution in [0.3, 0.4) is 0 Å². The zero-order chi connectivity index (χ0) is 23.7. The lowest BCUT2D eigenvalue weighted by Gasteiger charge is -2.27. The SMILES string of the molecule is COc1ccc(/C(O)=C2/C(=O)C(=O)N(CC3CCCO3)C2c2ccc(C(C)C)cc2)cc1Br. The second-order valence-electron chi connectivity index (χ2n) is 8.76. The number of carbonyl (C=O) groups excluding carboxylic acids is 2. The van der Waals surface area contributed by atoms with E-state index in [1.54, 1.807) is 30.2 Å². The molecule has 2 aliphatic rings. The number of ether oxygens (including phenoxy) is 2. The predicted octanol–water partition coefficient (Wildman–Crippen LogP) is 5.18. The summed E-state index contributed by atoms with van der Waals surface area (Å²) in [7, 11) is 1.55. The Morgan fingerprint density at radius 3 is 2.52 bits per heavy atom. The van der Waals surface area contributed by atoms with Crippen molar-refractivity contribution < 1.29 is 24.2 Å². The number of aliphatic hydroxyl groups is 1. The number of rotatable bonds is 6. The van der Waals surface area contributed by atoms with Crippen LogP contribution in [0.5, 0.6) is 5.75 Å². The van der Waals surface area contributed by atoms with Crippen molar-refractivity contribution in [3.63, 3.8) is 0 Å². The highest BCUT2D eigenvalue weighted by molar-refractivity contribution is 9.10. The van der Waals surface area contributed by atoms with Crippen LogP contribution in [0.15, 0.2) is 52.5 Å². The van der Waals surface area contributed by atoms with Crippen LogP contribution < -0.4 is 4.74 Å². The van der Waals surface area contributed by atoms with Gasteiger partial charge in [0.25, 0.3) is 11.7 Å². The molecule has 0 aliphatic carbocycles. The van der Waals surface area contributed by atoms with Gasteiger partial charge in [-0.05, 0) is 64.0 Å². The molecule has 2 unspecified atom stereocenters. The second kappa shape index (κ2) is 9.69. The largest absolute Gasteiger partial charge is 0.507 e. The van der Waals surface area contributed by atoms with E-state index < -0.39 is 17.7 Å². The third kappa shape index (κ3) is 4.57. The predicted molar refractivity (Wildman–Crippen MR) is 129 cm³/mol. The molecule has 33 heavy (non-hydrogen) atoms. The van der Waals surface area contributed by atoms with Gasteiger partial charge in [-0.3, -0.25) is 9.59 Å². The van der Waals surface area contributed by atoms with E-state index in [0.717, 1.165) is 24.0 Å². The van der Waals surface area contributed by atoms with Crippen molar-refractivity contribution in [1.82, 2.24) is 4.90 Å². The number of ketones is 1. The van der Waals surface area contributed by atoms with Gasteiger partial charge in [0.05, 0.1) is 29.3 Å². The van der Waals surface area contributed by atoms with E-state index in [0.29, 0.717) is 34.9 Å². The third-order valence-corrected chi connectivity index (χ3v) is 6.93. The van der Waals surface area contributed by atoms with Gasteiger partial charge in [0.15, 0.2) is 0 Å². The molecule has 0 aromatic heterocycles. The number of aliphatic hydroxyl groups excluding tert-OH is 1. The molecule has 2 aromatic carbocycles. The van der Waals surface area contributed by atoms with Crippen molar-refractivity contribution in [1.29, 1.82) is 0 Å². The van der Waals surface area contributed by atoms with Crippen molar-refractivity contribution in [3.05, 3.63) is 69.2 Å². The van der Waals surface area contributed by atoms with Gasteiger partial charge in [0.2, 0.25) is 0 Å². The Labute approximate surface area is 202 Å². The second-order valence-corrected chi connectivity index (χ2v) is 9.61. The average Bonchev–Trinajstić information content (AvgIpc) is 3.41. The fourth-order valence-corrected chi connectivity index (χ4v) is 5.00. The first-order valence-corrected chi connectivity index (χ1v) is 11.9. The van der Waals surface area contributed by atoms with E-state index in [-0.39, 0.29) is 17.4 Å². The van der Waals surface area contributed by atoms with Crippen LogP contribution in [0.1, 0.15) is 55.3 Å². The van der Waals surface area contributed by atoms with Crippen molar-refractivity contribution in [2.45, 2.75) is 44.8 Å². The summed E-state index contributed by atoms with van der Waals surface area (Å²) in [6, 6.07) is 12.3. The van der Waals surface area contributed by atoms with E-state index >= 15 is 0 Å². The highest BCUT2D eigenvalue weighted by atomic mass is 79.9. The number of Topliss-reactive ketones (excluding diaryl/α,β-unsaturated/α-hetero) is 1. The van der Waals surface area contributed by atoms with Gasteiger partial charge in [-0.25, -0.2) is 0 Å². The molecule has 2 aromatic rings. The Morgan fingerprint density at radius 2 is 1.94 bits per heavy atom. The fraction of sp³-hybridized carbons (Fsp3) is 0.385. The number of nitrogens with zero attached hydrogens (tertiary/aromatic N) is 1. The summed E-state index contributed by atoms with van der Waals surface area (Å²) < 4.78 is 11.7. The summed E-state index contributed by atoms with van der Waals surface area (Å²) in [5, 5.41) is 11.2. The summed E-state index contributed by atoms with van der Waals surface area (Å²) in [6.45, 7) is 5.19. The van der Waals surface area contributed by atoms with Crippen LogP contribution in [0, 0.1) is 0 Å². The van der Waals surface area contributed by atoms with Crippen molar-refractivity contribution in [2.24, 2.45) is 0 Å². The first kappa shape index (κ1) is 23.5. The van der Waals surface area contributed by atoms with Gasteiger partial charge in [-0.15, -0.1) is 0 Å². The van der Waals surface area contributed by atoms with Crippen LogP contribution in [0.2, 0.25) is 0 Å². The standard InChI is InChI=1S/C26H28BrNO5/c1-15(2)16-6-8-17(9-7-16)23-22(24(29)18-10-11-21(32-3)20(27)13-18)25(30)26(31)28(23)14-19-5-4-12-33-19/h6-11,13,15,19,23,29H,4-5,12,14H2,1-3H3/b24-22-. The van der Waals surface area contributed by atoms with E-state index in [1.165, 1.54) is 0 Å². The molecule has 2 fully saturated rings. The highest BCUT2D eigenvalue weighted by Crippen LogP contribution is 2.41. The minimum Gasteiger partial charge on any atom is -0.507 e. The molecule has 1 amide bonds. The fourth-order valence-electron chi connectivity index (χ4n) is 4.45. The van der Waals surface area contributed by atoms with Crippen LogP contribution in [-0.2, 0) is 14.3 Å². The van der Waals surface area contributed by atoms with Crippen LogP contribution >= 0.6 is 15.9 Å². The van der Waals surface area contributed by atoms with Crippen LogP contribution in [-0.4, -0.2) is 48.1 Å². The Morgan fingerprint density at radius 1 is 1.21 bits per heavy atom. The lowest BCUT2D eigenvalue weighted by Crippen LogP contribution is -2.36. The Balaban J connectivity index is 1.81. The molecule has 2 aliphatic heterocycles. The molecule has 2 heterocycles. The van der Waals surface area contributed by atoms with Crippen molar-refractivity contribution >= 4 is 33.4 Å². The Bertz CT molecular complexity index is 1090. The van der Waals surface area contributed by atoms with E-state index in [1.807, 2.05) is 24.3 Å². The van der Waals surface area contributed by atoms with Gasteiger partial charge in [0, 0.05) is 18.7 Å². The lowest BCUT2D eigenvalue weighted by molar-refractivity contribution is -0.140. The van der Waals surface area contributed by atoms with Crippen LogP contribution in [0.4, 0.5) is 0 Å². The number of benzene rings is 2. The minimum absolute atomic E-state index is 0.0901. The summed E-state index contributed by atoms with van der Waals surface area (Å²) in [6.07, 6.45) is 1.66. The zero-order valence-electron chi connectivity index (χ0n) is 19.0. The average molecular weight is 514 g/mol. The molecular formula is C26H28BrNO5. The summed E-state index contributed by atoms with van der Waals surface area (Å²) >= 11 is 3.43. The molecular weight excluding hydrogens is 486 g/mol. The number of hydrogen-bond acceptors (Lipinski definition) is 5. The molecule has 4 rings (SSSR count). The smallest absolute Gasteiger partial charge is 0.295 e. The summed E-state index contributed by atoms with van der Waals surface area (Å²) in [4.78, 5) is 27.8. The number of methoxy groups -OCH3 is 1. The first-order valence-electron chi connectivity index (χ1n) is 11.2. The molecule has 0 spiro atoms. The molecule has 174 valence electrons. The summed E-state index contributed by atoms with van der Waals surface area (Å²) in [5.41, 5.74) is 2.47. The van der Waals surface area contributed by atoms with Gasteiger partial charge in [-0.2, -0.15) is 0 Å². The molecule has 2 atom stereocenters. The number of likely N-dealkylation sites (tertiary alicyclic amines) is 1. The summed E-state index contributed by atoms with van der Waals surface area (Å²) in [5.74, 6) is -0.544. The topological polar surface area (TPSA) is 76.1 Å². The number of hydrogen-bond donors (Lipinski definition) is 1. The lowest BCUT2D eigenvalue weighted by atomic mass is 9.93. The first-order chi connectivity index (χ1) is 15.8. The number of amides is 1. The molecule has 7 heteroatoms. The van der Waals surface area contributed by atoms with E-state index in [4.69, 9.17) is 9.47 Å². The molecule has 0 saturated carbocycles. The maximum Gasteiger partial charge on any atom is 0.295 e. The van der Waals surface area contributed by atoms with E-state index in [9.17, 15) is 14.7 Å². The van der Waals surface area contributed by atoms with Gasteiger partial charge in [0.1, 0.15) is 11.5 Å². The monoisotopic (exact) mass is 513 g/mol. The Hall–Kier alpha value is -2.64. The van der Waals surface area contributed by atoms with Gasteiger partial charge >= 0.3 is 0 Å². The van der Waals surface area contributed by atoms with E-state index in [2.05, 4.69) is 29.8 Å². The molecule has 0 bridgehead atoms. The minimum atomic E-state index is -0.685. The van der Waals surface area contributed by atoms with Gasteiger partial charge in [-0.1, -0.05) is 38.1 Å². The molecule has 2 saturated heterocycles. The number of halogens is 1. The van der Waals surface area contributed by atoms with Crippen molar-refractivity contribution in [2.75, 3.05) is 20.3 Å². The Kier molecular flexibility index (Phi) is 6.91. The highest BCUT2D eigenvalue weighted by Gasteiger charge is 2.47. The van der Waals surface area contributed by atoms with Crippen molar-refractivity contribution in [3.8, 4) is 5.75 Å². The third-order valence-electron chi connectivity index (χ3n) is 6.31. The molecule has 1 N–H and O–H groups in total. The quantitative estimate of drug-likeness (QED) is 0.327. The molecule has 0 radical (unpaired) electrons. The van der Waals surface area contributed by atoms with Crippen LogP contribution in [0.25, 0.3) is 5.76 Å². The maximum absolute atomic E-state index is 13.2. The molecule has 6 nitrogen and oxygen atoms in total. The van der Waals surface area contributed by atoms with Gasteiger partial charge < -0.3 is 19.5 Å². The number of carbonyl (C=O) groups is 2. The normalized spacial score (nSPS) is 22.4. The zero-order valence-corrected chi connectivity index (χ0v) is 20.6.